The van der Waals surface area contributed by atoms with Crippen molar-refractivity contribution in [1.82, 2.24) is 4.98 Å². The highest BCUT2D eigenvalue weighted by Crippen LogP contribution is 2.42. The smallest absolute Gasteiger partial charge is 0.493 e. The van der Waals surface area contributed by atoms with Crippen LogP contribution in [0.4, 0.5) is 0 Å². The van der Waals surface area contributed by atoms with E-state index in [1.54, 1.807) is 25.1 Å². The van der Waals surface area contributed by atoms with Crippen molar-refractivity contribution in [3.63, 3.8) is 0 Å². The van der Waals surface area contributed by atoms with Crippen LogP contribution >= 0.6 is 7.82 Å². The van der Waals surface area contributed by atoms with Gasteiger partial charge >= 0.3 is 7.82 Å². The molecule has 3 aromatic rings. The Hall–Kier alpha value is -2.99. The molecule has 29 heavy (non-hydrogen) atoms. The van der Waals surface area contributed by atoms with Crippen molar-refractivity contribution in [1.29, 1.82) is 0 Å². The van der Waals surface area contributed by atoms with Gasteiger partial charge in [-0.25, -0.2) is 4.57 Å². The first kappa shape index (κ1) is 20.7. The second kappa shape index (κ2) is 8.17. The Morgan fingerprint density at radius 2 is 1.83 bits per heavy atom. The quantitative estimate of drug-likeness (QED) is 0.352. The van der Waals surface area contributed by atoms with Crippen LogP contribution in [0.1, 0.15) is 28.5 Å². The number of para-hydroxylation sites is 1. The average Bonchev–Trinajstić information content (AvgIpc) is 2.65. The summed E-state index contributed by atoms with van der Waals surface area (Å²) in [6, 6.07) is 13.8. The number of allylic oxidation sites excluding steroid dienone is 1. The lowest BCUT2D eigenvalue weighted by Gasteiger charge is -2.12. The molecule has 0 saturated carbocycles. The normalized spacial score (nSPS) is 12.1. The van der Waals surface area contributed by atoms with Gasteiger partial charge in [-0.3, -0.25) is 19.6 Å². The summed E-state index contributed by atoms with van der Waals surface area (Å²) in [5, 5.41) is 0.760. The molecule has 0 amide bonds. The van der Waals surface area contributed by atoms with Crippen molar-refractivity contribution >= 4 is 30.6 Å². The fourth-order valence-corrected chi connectivity index (χ4v) is 3.41. The number of Topliss-reactive ketones (excluding diaryl/α,β-unsaturated/α-hetero) is 1. The number of ether oxygens (including phenoxy) is 1. The van der Waals surface area contributed by atoms with E-state index >= 15 is 0 Å². The molecule has 2 aromatic carbocycles. The molecule has 0 radical (unpaired) electrons. The van der Waals surface area contributed by atoms with E-state index in [1.807, 2.05) is 31.2 Å². The van der Waals surface area contributed by atoms with Gasteiger partial charge in [0.25, 0.3) is 0 Å². The summed E-state index contributed by atoms with van der Waals surface area (Å²) in [7, 11) is -3.39. The van der Waals surface area contributed by atoms with Crippen LogP contribution in [0, 0.1) is 6.92 Å². The molecule has 8 heteroatoms. The highest BCUT2D eigenvalue weighted by atomic mass is 31.2. The molecule has 0 fully saturated rings. The van der Waals surface area contributed by atoms with E-state index in [0.717, 1.165) is 16.6 Å². The minimum absolute atomic E-state index is 0.111. The number of hydrogen-bond acceptors (Lipinski definition) is 5. The van der Waals surface area contributed by atoms with E-state index in [0.29, 0.717) is 16.7 Å². The molecule has 0 bridgehead atoms. The van der Waals surface area contributed by atoms with Crippen LogP contribution in [0.3, 0.4) is 0 Å². The molecule has 150 valence electrons. The van der Waals surface area contributed by atoms with Gasteiger partial charge in [0.05, 0.1) is 12.6 Å². The third-order valence-corrected chi connectivity index (χ3v) is 4.67. The monoisotopic (exact) mass is 413 g/mol. The second-order valence-electron chi connectivity index (χ2n) is 6.48. The molecule has 0 unspecified atom stereocenters. The van der Waals surface area contributed by atoms with Crippen LogP contribution in [-0.2, 0) is 4.57 Å². The zero-order chi connectivity index (χ0) is 21.2. The lowest BCUT2D eigenvalue weighted by Crippen LogP contribution is -2.03. The van der Waals surface area contributed by atoms with Gasteiger partial charge in [0.2, 0.25) is 0 Å². The summed E-state index contributed by atoms with van der Waals surface area (Å²) in [5.74, 6) is -0.106. The molecule has 1 heterocycles. The Morgan fingerprint density at radius 3 is 2.52 bits per heavy atom. The summed E-state index contributed by atoms with van der Waals surface area (Å²) in [6.45, 7) is 3.51. The number of carbonyl (C=O) groups excluding carboxylic acids is 1. The molecule has 0 aliphatic carbocycles. The number of fused-ring (bicyclic) bond motifs is 1. The van der Waals surface area contributed by atoms with Crippen LogP contribution in [0.25, 0.3) is 17.0 Å². The van der Waals surface area contributed by atoms with Crippen LogP contribution < -0.4 is 9.26 Å². The lowest BCUT2D eigenvalue weighted by atomic mass is 9.98. The number of aryl methyl sites for hydroxylation is 1. The van der Waals surface area contributed by atoms with E-state index in [1.165, 1.54) is 19.2 Å². The molecule has 0 spiro atoms. The number of ketones is 1. The molecular weight excluding hydrogens is 393 g/mol. The molecule has 0 aliphatic rings. The Bertz CT molecular complexity index is 1170. The molecule has 7 nitrogen and oxygen atoms in total. The third kappa shape index (κ3) is 4.90. The van der Waals surface area contributed by atoms with Gasteiger partial charge in [-0.15, -0.1) is 0 Å². The highest BCUT2D eigenvalue weighted by molar-refractivity contribution is 7.46. The van der Waals surface area contributed by atoms with Gasteiger partial charge < -0.3 is 9.26 Å². The van der Waals surface area contributed by atoms with Gasteiger partial charge in [0.1, 0.15) is 0 Å². The Labute approximate surface area is 167 Å². The SMILES string of the molecule is COc1ccc(C=C(C)C(=O)c2cc(C)nc3ccccc23)cc1OP(=O)(O)O. The molecule has 0 atom stereocenters. The molecule has 3 rings (SSSR count). The van der Waals surface area contributed by atoms with Crippen LogP contribution in [-0.4, -0.2) is 27.7 Å². The van der Waals surface area contributed by atoms with Crippen molar-refractivity contribution in [2.45, 2.75) is 13.8 Å². The number of rotatable bonds is 6. The van der Waals surface area contributed by atoms with Crippen molar-refractivity contribution < 1.29 is 28.4 Å². The largest absolute Gasteiger partial charge is 0.524 e. The highest BCUT2D eigenvalue weighted by Gasteiger charge is 2.20. The summed E-state index contributed by atoms with van der Waals surface area (Å²) in [5.41, 5.74) is 3.01. The van der Waals surface area contributed by atoms with E-state index in [4.69, 9.17) is 14.5 Å². The topological polar surface area (TPSA) is 106 Å². The summed E-state index contributed by atoms with van der Waals surface area (Å²) >= 11 is 0. The van der Waals surface area contributed by atoms with Crippen LogP contribution in [0.2, 0.25) is 0 Å². The van der Waals surface area contributed by atoms with E-state index in [9.17, 15) is 9.36 Å². The first-order chi connectivity index (χ1) is 13.7. The predicted octanol–water partition coefficient (Wildman–Crippen LogP) is 4.31. The molecule has 0 aliphatic heterocycles. The minimum atomic E-state index is -4.76. The average molecular weight is 413 g/mol. The molecular formula is C21H20NO6P. The maximum Gasteiger partial charge on any atom is 0.524 e. The van der Waals surface area contributed by atoms with Gasteiger partial charge in [-0.2, -0.15) is 0 Å². The first-order valence-electron chi connectivity index (χ1n) is 8.70. The standard InChI is InChI=1S/C21H20NO6P/c1-13(10-15-8-9-19(27-3)20(12-15)28-29(24,25)26)21(23)17-11-14(2)22-18-7-5-4-6-16(17)18/h4-12H,1-3H3,(H2,24,25,26). The van der Waals surface area contributed by atoms with Gasteiger partial charge in [0, 0.05) is 16.6 Å². The van der Waals surface area contributed by atoms with Gasteiger partial charge in [-0.05, 0) is 55.3 Å². The van der Waals surface area contributed by atoms with E-state index < -0.39 is 7.82 Å². The van der Waals surface area contributed by atoms with Crippen LogP contribution in [0.15, 0.2) is 54.1 Å². The third-order valence-electron chi connectivity index (χ3n) is 4.24. The predicted molar refractivity (Wildman–Crippen MR) is 110 cm³/mol. The number of pyridine rings is 1. The zero-order valence-corrected chi connectivity index (χ0v) is 17.0. The lowest BCUT2D eigenvalue weighted by molar-refractivity contribution is 0.103. The number of methoxy groups -OCH3 is 1. The zero-order valence-electron chi connectivity index (χ0n) is 16.1. The fourth-order valence-electron chi connectivity index (χ4n) is 3.01. The molecule has 2 N–H and O–H groups in total. The molecule has 1 aromatic heterocycles. The number of nitrogens with zero attached hydrogens (tertiary/aromatic N) is 1. The van der Waals surface area contributed by atoms with Crippen LogP contribution in [0.5, 0.6) is 11.5 Å². The minimum Gasteiger partial charge on any atom is -0.493 e. The molecule has 0 saturated heterocycles. The maximum atomic E-state index is 13.1. The van der Waals surface area contributed by atoms with Crippen molar-refractivity contribution in [2.75, 3.05) is 7.11 Å². The van der Waals surface area contributed by atoms with Gasteiger partial charge in [-0.1, -0.05) is 24.3 Å². The maximum absolute atomic E-state index is 13.1. The summed E-state index contributed by atoms with van der Waals surface area (Å²) < 4.78 is 20.9. The van der Waals surface area contributed by atoms with Crippen molar-refractivity contribution in [3.05, 3.63) is 70.9 Å². The number of benzene rings is 2. The number of aromatic nitrogens is 1. The number of hydrogen-bond donors (Lipinski definition) is 2. The summed E-state index contributed by atoms with van der Waals surface area (Å²) in [6.07, 6.45) is 1.62. The number of phosphoric acid groups is 1. The second-order valence-corrected chi connectivity index (χ2v) is 7.64. The van der Waals surface area contributed by atoms with Gasteiger partial charge in [0.15, 0.2) is 17.3 Å². The summed E-state index contributed by atoms with van der Waals surface area (Å²) in [4.78, 5) is 35.7. The number of carbonyl (C=O) groups is 1. The Kier molecular flexibility index (Phi) is 5.84. The van der Waals surface area contributed by atoms with Crippen molar-refractivity contribution in [3.8, 4) is 11.5 Å². The van der Waals surface area contributed by atoms with Crippen molar-refractivity contribution in [2.24, 2.45) is 0 Å². The number of phosphoric ester groups is 1. The van der Waals surface area contributed by atoms with E-state index in [-0.39, 0.29) is 17.3 Å². The van der Waals surface area contributed by atoms with E-state index in [2.05, 4.69) is 9.51 Å². The Morgan fingerprint density at radius 1 is 1.10 bits per heavy atom. The Balaban J connectivity index is 2.01. The first-order valence-corrected chi connectivity index (χ1v) is 10.2. The fraction of sp³-hybridized carbons (Fsp3) is 0.143.